The van der Waals surface area contributed by atoms with Crippen molar-refractivity contribution in [2.75, 3.05) is 33.3 Å². The van der Waals surface area contributed by atoms with Crippen LogP contribution in [-0.4, -0.2) is 38.2 Å². The number of thiophene rings is 1. The van der Waals surface area contributed by atoms with E-state index in [1.54, 1.807) is 0 Å². The van der Waals surface area contributed by atoms with Gasteiger partial charge in [0.25, 0.3) is 0 Å². The Hall–Kier alpha value is -1.50. The predicted molar refractivity (Wildman–Crippen MR) is 83.5 cm³/mol. The summed E-state index contributed by atoms with van der Waals surface area (Å²) in [5.74, 6) is -1.07. The van der Waals surface area contributed by atoms with Crippen molar-refractivity contribution in [3.63, 3.8) is 0 Å². The minimum atomic E-state index is -0.614. The summed E-state index contributed by atoms with van der Waals surface area (Å²) in [5, 5.41) is 7.15. The molecule has 0 radical (unpaired) electrons. The van der Waals surface area contributed by atoms with E-state index in [2.05, 4.69) is 10.2 Å². The maximum Gasteiger partial charge on any atom is 0.173 e. The molecule has 3 nitrogen and oxygen atoms in total. The molecule has 0 aliphatic carbocycles. The molecule has 6 heteroatoms. The van der Waals surface area contributed by atoms with Crippen LogP contribution in [0.2, 0.25) is 0 Å². The summed E-state index contributed by atoms with van der Waals surface area (Å²) in [6.45, 7) is 3.12. The number of ether oxygens (including phenoxy) is 1. The summed E-state index contributed by atoms with van der Waals surface area (Å²) in [5.41, 5.74) is 0.984. The number of hydrogen-bond donors (Lipinski definition) is 1. The van der Waals surface area contributed by atoms with Gasteiger partial charge in [-0.05, 0) is 34.5 Å². The van der Waals surface area contributed by atoms with Crippen LogP contribution < -0.4 is 10.1 Å². The lowest BCUT2D eigenvalue weighted by molar-refractivity contribution is 0.191. The first-order valence-corrected chi connectivity index (χ1v) is 8.15. The molecule has 0 saturated carbocycles. The molecule has 3 rings (SSSR count). The molecule has 1 aliphatic rings. The van der Waals surface area contributed by atoms with E-state index in [4.69, 9.17) is 4.74 Å². The fraction of sp³-hybridized carbons (Fsp3) is 0.375. The maximum absolute atomic E-state index is 14.7. The fourth-order valence-corrected chi connectivity index (χ4v) is 3.57. The molecule has 1 aliphatic heterocycles. The second kappa shape index (κ2) is 6.73. The standard InChI is InChI=1S/C16H18F2N2OS/c1-21-13-3-2-12(17)14(15(13)18)16(11-4-9-22-10-11)20-7-5-19-6-8-20/h2-4,9-10,16,19H,5-8H2,1H3/t16-/m1/s1. The number of methoxy groups -OCH3 is 1. The highest BCUT2D eigenvalue weighted by atomic mass is 32.1. The van der Waals surface area contributed by atoms with Crippen molar-refractivity contribution in [2.45, 2.75) is 6.04 Å². The Bertz CT molecular complexity index is 627. The van der Waals surface area contributed by atoms with Gasteiger partial charge in [0.15, 0.2) is 11.6 Å². The highest BCUT2D eigenvalue weighted by molar-refractivity contribution is 7.08. The quantitative estimate of drug-likeness (QED) is 0.936. The summed E-state index contributed by atoms with van der Waals surface area (Å²) in [7, 11) is 1.39. The van der Waals surface area contributed by atoms with Gasteiger partial charge in [-0.15, -0.1) is 0 Å². The summed E-state index contributed by atoms with van der Waals surface area (Å²) in [6, 6.07) is 4.11. The smallest absolute Gasteiger partial charge is 0.173 e. The van der Waals surface area contributed by atoms with E-state index in [1.807, 2.05) is 16.8 Å². The average molecular weight is 324 g/mol. The Morgan fingerprint density at radius 3 is 2.64 bits per heavy atom. The molecule has 1 atom stereocenters. The highest BCUT2D eigenvalue weighted by Gasteiger charge is 2.30. The molecule has 2 aromatic rings. The van der Waals surface area contributed by atoms with Crippen LogP contribution in [0.5, 0.6) is 5.75 Å². The fourth-order valence-electron chi connectivity index (χ4n) is 2.89. The SMILES string of the molecule is COc1ccc(F)c([C@@H](c2ccsc2)N2CCNCC2)c1F. The Balaban J connectivity index is 2.10. The maximum atomic E-state index is 14.7. The molecule has 118 valence electrons. The van der Waals surface area contributed by atoms with Crippen molar-refractivity contribution in [1.29, 1.82) is 0 Å². The van der Waals surface area contributed by atoms with Gasteiger partial charge in [0, 0.05) is 31.7 Å². The monoisotopic (exact) mass is 324 g/mol. The number of nitrogens with one attached hydrogen (secondary N) is 1. The molecule has 1 fully saturated rings. The van der Waals surface area contributed by atoms with Crippen molar-refractivity contribution >= 4 is 11.3 Å². The number of hydrogen-bond acceptors (Lipinski definition) is 4. The van der Waals surface area contributed by atoms with Gasteiger partial charge >= 0.3 is 0 Å². The number of benzene rings is 1. The second-order valence-electron chi connectivity index (χ2n) is 5.22. The van der Waals surface area contributed by atoms with E-state index in [1.165, 1.54) is 30.6 Å². The van der Waals surface area contributed by atoms with E-state index < -0.39 is 17.7 Å². The third-order valence-electron chi connectivity index (χ3n) is 3.96. The minimum absolute atomic E-state index is 0.0691. The van der Waals surface area contributed by atoms with Crippen LogP contribution in [0.1, 0.15) is 17.2 Å². The Morgan fingerprint density at radius 1 is 1.23 bits per heavy atom. The third kappa shape index (κ3) is 2.86. The molecule has 0 unspecified atom stereocenters. The molecular weight excluding hydrogens is 306 g/mol. The Labute approximate surface area is 132 Å². The van der Waals surface area contributed by atoms with Gasteiger partial charge in [0.2, 0.25) is 0 Å². The molecule has 1 saturated heterocycles. The van der Waals surface area contributed by atoms with Crippen LogP contribution in [0.3, 0.4) is 0 Å². The van der Waals surface area contributed by atoms with Crippen LogP contribution >= 0.6 is 11.3 Å². The van der Waals surface area contributed by atoms with Gasteiger partial charge in [-0.3, -0.25) is 4.90 Å². The number of piperazine rings is 1. The van der Waals surface area contributed by atoms with E-state index in [0.717, 1.165) is 31.7 Å². The lowest BCUT2D eigenvalue weighted by atomic mass is 9.97. The number of halogens is 2. The molecular formula is C16H18F2N2OS. The summed E-state index contributed by atoms with van der Waals surface area (Å²) >= 11 is 1.53. The van der Waals surface area contributed by atoms with Crippen LogP contribution in [0, 0.1) is 11.6 Å². The normalized spacial score (nSPS) is 17.4. The van der Waals surface area contributed by atoms with Gasteiger partial charge in [-0.2, -0.15) is 11.3 Å². The highest BCUT2D eigenvalue weighted by Crippen LogP contribution is 2.36. The Morgan fingerprint density at radius 2 is 2.00 bits per heavy atom. The first-order valence-electron chi connectivity index (χ1n) is 7.21. The van der Waals surface area contributed by atoms with Gasteiger partial charge in [-0.1, -0.05) is 0 Å². The van der Waals surface area contributed by atoms with Gasteiger partial charge in [0.05, 0.1) is 13.2 Å². The number of nitrogens with zero attached hydrogens (tertiary/aromatic N) is 1. The predicted octanol–water partition coefficient (Wildman–Crippen LogP) is 3.03. The van der Waals surface area contributed by atoms with Crippen molar-refractivity contribution in [3.05, 3.63) is 51.7 Å². The first kappa shape index (κ1) is 15.4. The number of rotatable bonds is 4. The zero-order chi connectivity index (χ0) is 15.5. The lowest BCUT2D eigenvalue weighted by Crippen LogP contribution is -2.45. The van der Waals surface area contributed by atoms with Crippen molar-refractivity contribution in [3.8, 4) is 5.75 Å². The summed E-state index contributed by atoms with van der Waals surface area (Å²) < 4.78 is 34.2. The van der Waals surface area contributed by atoms with Gasteiger partial charge < -0.3 is 10.1 Å². The van der Waals surface area contributed by atoms with Gasteiger partial charge in [0.1, 0.15) is 5.82 Å². The zero-order valence-corrected chi connectivity index (χ0v) is 13.1. The van der Waals surface area contributed by atoms with Crippen LogP contribution in [0.25, 0.3) is 0 Å². The first-order chi connectivity index (χ1) is 10.7. The Kier molecular flexibility index (Phi) is 4.71. The molecule has 0 bridgehead atoms. The van der Waals surface area contributed by atoms with E-state index in [-0.39, 0.29) is 11.3 Å². The van der Waals surface area contributed by atoms with Crippen molar-refractivity contribution < 1.29 is 13.5 Å². The molecule has 1 aromatic carbocycles. The minimum Gasteiger partial charge on any atom is -0.494 e. The summed E-state index contributed by atoms with van der Waals surface area (Å²) in [6.07, 6.45) is 0. The van der Waals surface area contributed by atoms with Crippen molar-refractivity contribution in [1.82, 2.24) is 10.2 Å². The molecule has 0 spiro atoms. The van der Waals surface area contributed by atoms with Crippen molar-refractivity contribution in [2.24, 2.45) is 0 Å². The van der Waals surface area contributed by atoms with E-state index in [9.17, 15) is 8.78 Å². The van der Waals surface area contributed by atoms with Crippen LogP contribution in [0.4, 0.5) is 8.78 Å². The van der Waals surface area contributed by atoms with E-state index in [0.29, 0.717) is 0 Å². The average Bonchev–Trinajstić information content (AvgIpc) is 3.06. The molecule has 2 heterocycles. The largest absolute Gasteiger partial charge is 0.494 e. The third-order valence-corrected chi connectivity index (χ3v) is 4.66. The second-order valence-corrected chi connectivity index (χ2v) is 6.00. The van der Waals surface area contributed by atoms with Crippen LogP contribution in [0.15, 0.2) is 29.0 Å². The lowest BCUT2D eigenvalue weighted by Gasteiger charge is -2.35. The van der Waals surface area contributed by atoms with Crippen LogP contribution in [-0.2, 0) is 0 Å². The molecule has 0 amide bonds. The molecule has 22 heavy (non-hydrogen) atoms. The zero-order valence-electron chi connectivity index (χ0n) is 12.3. The topological polar surface area (TPSA) is 24.5 Å². The molecule has 1 aromatic heterocycles. The summed E-state index contributed by atoms with van der Waals surface area (Å²) in [4.78, 5) is 2.11. The van der Waals surface area contributed by atoms with E-state index >= 15 is 0 Å². The van der Waals surface area contributed by atoms with Gasteiger partial charge in [-0.25, -0.2) is 8.78 Å². The molecule has 1 N–H and O–H groups in total.